The second-order valence-corrected chi connectivity index (χ2v) is 8.17. The second-order valence-electron chi connectivity index (χ2n) is 7.17. The normalized spacial score (nSPS) is 15.0. The quantitative estimate of drug-likeness (QED) is 0.451. The van der Waals surface area contributed by atoms with Crippen molar-refractivity contribution in [2.24, 2.45) is 0 Å². The molecule has 0 radical (unpaired) electrons. The van der Waals surface area contributed by atoms with Crippen LogP contribution in [-0.2, 0) is 17.9 Å². The number of halogens is 1. The Balaban J connectivity index is 1.53. The van der Waals surface area contributed by atoms with Gasteiger partial charge in [-0.15, -0.1) is 0 Å². The first-order chi connectivity index (χ1) is 15.0. The van der Waals surface area contributed by atoms with Gasteiger partial charge in [0.2, 0.25) is 0 Å². The van der Waals surface area contributed by atoms with Crippen molar-refractivity contribution in [2.75, 3.05) is 0 Å². The maximum absolute atomic E-state index is 13.9. The van der Waals surface area contributed by atoms with Gasteiger partial charge in [0, 0.05) is 11.1 Å². The Morgan fingerprint density at radius 2 is 1.77 bits per heavy atom. The predicted molar refractivity (Wildman–Crippen MR) is 120 cm³/mol. The molecule has 0 unspecified atom stereocenters. The van der Waals surface area contributed by atoms with Gasteiger partial charge in [-0.25, -0.2) is 4.39 Å². The zero-order valence-electron chi connectivity index (χ0n) is 16.9. The number of nitrogens with zero attached hydrogens (tertiary/aromatic N) is 1. The molecule has 1 aliphatic rings. The van der Waals surface area contributed by atoms with Crippen LogP contribution in [0.15, 0.2) is 77.7 Å². The van der Waals surface area contributed by atoms with Crippen molar-refractivity contribution in [1.82, 2.24) is 4.90 Å². The van der Waals surface area contributed by atoms with Gasteiger partial charge in [0.15, 0.2) is 0 Å². The summed E-state index contributed by atoms with van der Waals surface area (Å²) in [6.07, 6.45) is 1.65. The fraction of sp³-hybridized carbons (Fsp3) is 0.120. The number of carbonyl (C=O) groups is 2. The van der Waals surface area contributed by atoms with E-state index in [4.69, 9.17) is 4.74 Å². The third kappa shape index (κ3) is 4.86. The van der Waals surface area contributed by atoms with Gasteiger partial charge >= 0.3 is 0 Å². The van der Waals surface area contributed by atoms with Crippen LogP contribution in [0.2, 0.25) is 0 Å². The number of carbonyl (C=O) groups excluding carboxylic acids is 2. The third-order valence-electron chi connectivity index (χ3n) is 4.84. The van der Waals surface area contributed by atoms with Crippen molar-refractivity contribution in [2.45, 2.75) is 20.1 Å². The van der Waals surface area contributed by atoms with Gasteiger partial charge in [-0.2, -0.15) is 0 Å². The Bertz CT molecular complexity index is 1170. The number of hydrogen-bond acceptors (Lipinski definition) is 4. The molecule has 0 bridgehead atoms. The topological polar surface area (TPSA) is 46.6 Å². The van der Waals surface area contributed by atoms with Crippen molar-refractivity contribution in [3.8, 4) is 5.75 Å². The molecule has 6 heteroatoms. The Morgan fingerprint density at radius 3 is 2.58 bits per heavy atom. The second kappa shape index (κ2) is 9.18. The minimum absolute atomic E-state index is 0.0619. The summed E-state index contributed by atoms with van der Waals surface area (Å²) >= 11 is 0.909. The molecule has 0 atom stereocenters. The molecule has 3 aromatic carbocycles. The van der Waals surface area contributed by atoms with Crippen LogP contribution in [0, 0.1) is 12.7 Å². The Morgan fingerprint density at radius 1 is 1.00 bits per heavy atom. The minimum atomic E-state index is -0.336. The van der Waals surface area contributed by atoms with E-state index in [1.54, 1.807) is 42.5 Å². The Kier molecular flexibility index (Phi) is 6.18. The van der Waals surface area contributed by atoms with Gasteiger partial charge < -0.3 is 4.74 Å². The molecule has 4 nitrogen and oxygen atoms in total. The molecule has 0 N–H and O–H groups in total. The van der Waals surface area contributed by atoms with E-state index >= 15 is 0 Å². The predicted octanol–water partition coefficient (Wildman–Crippen LogP) is 5.95. The van der Waals surface area contributed by atoms with E-state index in [-0.39, 0.29) is 30.1 Å². The maximum atomic E-state index is 13.9. The Labute approximate surface area is 184 Å². The van der Waals surface area contributed by atoms with Crippen molar-refractivity contribution in [3.05, 3.63) is 106 Å². The fourth-order valence-corrected chi connectivity index (χ4v) is 4.10. The van der Waals surface area contributed by atoms with E-state index in [1.807, 2.05) is 37.3 Å². The molecule has 31 heavy (non-hydrogen) atoms. The summed E-state index contributed by atoms with van der Waals surface area (Å²) in [6.45, 7) is 2.26. The summed E-state index contributed by atoms with van der Waals surface area (Å²) in [5.41, 5.74) is 3.06. The molecule has 0 saturated carbocycles. The average molecular weight is 434 g/mol. The molecule has 3 aromatic rings. The molecule has 1 heterocycles. The van der Waals surface area contributed by atoms with Crippen molar-refractivity contribution < 1.29 is 18.7 Å². The molecule has 1 aliphatic heterocycles. The van der Waals surface area contributed by atoms with Crippen LogP contribution in [0.4, 0.5) is 9.18 Å². The number of hydrogen-bond donors (Lipinski definition) is 0. The van der Waals surface area contributed by atoms with Crippen LogP contribution in [-0.4, -0.2) is 16.0 Å². The third-order valence-corrected chi connectivity index (χ3v) is 5.75. The zero-order chi connectivity index (χ0) is 21.8. The van der Waals surface area contributed by atoms with E-state index in [9.17, 15) is 14.0 Å². The molecule has 156 valence electrons. The summed E-state index contributed by atoms with van der Waals surface area (Å²) in [4.78, 5) is 26.9. The maximum Gasteiger partial charge on any atom is 0.293 e. The van der Waals surface area contributed by atoms with E-state index in [0.29, 0.717) is 21.8 Å². The van der Waals surface area contributed by atoms with Gasteiger partial charge in [-0.1, -0.05) is 66.2 Å². The first-order valence-electron chi connectivity index (χ1n) is 9.77. The van der Waals surface area contributed by atoms with E-state index in [2.05, 4.69) is 0 Å². The number of imide groups is 1. The summed E-state index contributed by atoms with van der Waals surface area (Å²) in [5.74, 6) is -0.158. The summed E-state index contributed by atoms with van der Waals surface area (Å²) in [6, 6.07) is 21.3. The van der Waals surface area contributed by atoms with Crippen molar-refractivity contribution in [1.29, 1.82) is 0 Å². The molecular weight excluding hydrogens is 413 g/mol. The summed E-state index contributed by atoms with van der Waals surface area (Å²) in [7, 11) is 0. The van der Waals surface area contributed by atoms with Crippen LogP contribution < -0.4 is 4.74 Å². The smallest absolute Gasteiger partial charge is 0.293 e. The molecule has 2 amide bonds. The standard InChI is InChI=1S/C25H20FNO3S/c1-17-7-6-8-18(13-17)15-27-24(28)23(31-25(27)29)14-19-9-3-5-12-22(19)30-16-20-10-2-4-11-21(20)26/h2-14H,15-16H2,1H3/b23-14+. The van der Waals surface area contributed by atoms with Crippen molar-refractivity contribution >= 4 is 29.0 Å². The highest BCUT2D eigenvalue weighted by molar-refractivity contribution is 8.18. The van der Waals surface area contributed by atoms with Crippen LogP contribution in [0.5, 0.6) is 5.75 Å². The number of benzene rings is 3. The number of amides is 2. The average Bonchev–Trinajstić information content (AvgIpc) is 3.01. The number of aryl methyl sites for hydroxylation is 1. The Hall–Kier alpha value is -3.38. The first-order valence-corrected chi connectivity index (χ1v) is 10.6. The van der Waals surface area contributed by atoms with E-state index in [1.165, 1.54) is 11.0 Å². The van der Waals surface area contributed by atoms with Gasteiger partial charge in [0.25, 0.3) is 11.1 Å². The molecule has 4 rings (SSSR count). The number of thioether (sulfide) groups is 1. The first kappa shape index (κ1) is 20.9. The van der Waals surface area contributed by atoms with E-state index in [0.717, 1.165) is 22.9 Å². The van der Waals surface area contributed by atoms with Gasteiger partial charge in [0.05, 0.1) is 11.4 Å². The summed E-state index contributed by atoms with van der Waals surface area (Å²) < 4.78 is 19.7. The van der Waals surface area contributed by atoms with E-state index < -0.39 is 0 Å². The van der Waals surface area contributed by atoms with Crippen molar-refractivity contribution in [3.63, 3.8) is 0 Å². The van der Waals surface area contributed by atoms with Gasteiger partial charge in [-0.3, -0.25) is 14.5 Å². The zero-order valence-corrected chi connectivity index (χ0v) is 17.7. The highest BCUT2D eigenvalue weighted by Crippen LogP contribution is 2.35. The van der Waals surface area contributed by atoms with Gasteiger partial charge in [0.1, 0.15) is 18.2 Å². The van der Waals surface area contributed by atoms with Gasteiger partial charge in [-0.05, 0) is 42.5 Å². The number of rotatable bonds is 6. The highest BCUT2D eigenvalue weighted by atomic mass is 32.2. The van der Waals surface area contributed by atoms with Crippen LogP contribution in [0.25, 0.3) is 6.08 Å². The molecule has 1 fully saturated rings. The van der Waals surface area contributed by atoms with Crippen LogP contribution >= 0.6 is 11.8 Å². The van der Waals surface area contributed by atoms with Crippen LogP contribution in [0.3, 0.4) is 0 Å². The fourth-order valence-electron chi connectivity index (χ4n) is 3.27. The summed E-state index contributed by atoms with van der Waals surface area (Å²) in [5, 5.41) is -0.303. The van der Waals surface area contributed by atoms with Crippen LogP contribution in [0.1, 0.15) is 22.3 Å². The molecule has 0 spiro atoms. The molecule has 0 aliphatic carbocycles. The lowest BCUT2D eigenvalue weighted by molar-refractivity contribution is -0.123. The molecular formula is C25H20FNO3S. The molecule has 1 saturated heterocycles. The lowest BCUT2D eigenvalue weighted by Gasteiger charge is -2.13. The highest BCUT2D eigenvalue weighted by Gasteiger charge is 2.35. The number of ether oxygens (including phenoxy) is 1. The lowest BCUT2D eigenvalue weighted by Crippen LogP contribution is -2.27. The lowest BCUT2D eigenvalue weighted by atomic mass is 10.1. The SMILES string of the molecule is Cc1cccc(CN2C(=O)S/C(=C/c3ccccc3OCc3ccccc3F)C2=O)c1. The number of para-hydroxylation sites is 1. The monoisotopic (exact) mass is 433 g/mol. The largest absolute Gasteiger partial charge is 0.488 e. The minimum Gasteiger partial charge on any atom is -0.488 e. The molecule has 0 aromatic heterocycles.